The molecular formula is C14H20N2O3. The first-order valence-electron chi connectivity index (χ1n) is 6.57. The van der Waals surface area contributed by atoms with Crippen molar-refractivity contribution in [1.82, 2.24) is 0 Å². The summed E-state index contributed by atoms with van der Waals surface area (Å²) in [5, 5.41) is 8.65. The Morgan fingerprint density at radius 2 is 1.95 bits per heavy atom. The molecular weight excluding hydrogens is 244 g/mol. The molecule has 1 aromatic carbocycles. The Hall–Kier alpha value is -1.59. The minimum atomic E-state index is -0.805. The van der Waals surface area contributed by atoms with Gasteiger partial charge in [0, 0.05) is 31.2 Å². The fraction of sp³-hybridized carbons (Fsp3) is 0.500. The lowest BCUT2D eigenvalue weighted by Gasteiger charge is -2.29. The fourth-order valence-corrected chi connectivity index (χ4v) is 2.20. The minimum absolute atomic E-state index is 0.104. The van der Waals surface area contributed by atoms with Crippen LogP contribution >= 0.6 is 0 Å². The molecule has 5 heteroatoms. The summed E-state index contributed by atoms with van der Waals surface area (Å²) in [5.74, 6) is -0.805. The average molecular weight is 264 g/mol. The van der Waals surface area contributed by atoms with E-state index in [0.717, 1.165) is 37.6 Å². The van der Waals surface area contributed by atoms with Crippen LogP contribution < -0.4 is 10.6 Å². The van der Waals surface area contributed by atoms with E-state index in [1.807, 2.05) is 24.3 Å². The number of ether oxygens (including phenoxy) is 1. The molecule has 1 heterocycles. The number of morpholine rings is 1. The van der Waals surface area contributed by atoms with Gasteiger partial charge in [0.05, 0.1) is 13.2 Å². The van der Waals surface area contributed by atoms with E-state index in [2.05, 4.69) is 4.90 Å². The molecule has 104 valence electrons. The summed E-state index contributed by atoms with van der Waals surface area (Å²) < 4.78 is 5.32. The largest absolute Gasteiger partial charge is 0.481 e. The monoisotopic (exact) mass is 264 g/mol. The molecule has 1 aliphatic heterocycles. The number of nitrogens with zero attached hydrogens (tertiary/aromatic N) is 1. The lowest BCUT2D eigenvalue weighted by atomic mass is 10.0. The van der Waals surface area contributed by atoms with Crippen LogP contribution in [-0.2, 0) is 9.53 Å². The molecule has 1 aliphatic rings. The number of carbonyl (C=O) groups is 1. The van der Waals surface area contributed by atoms with E-state index in [1.54, 1.807) is 0 Å². The maximum Gasteiger partial charge on any atom is 0.303 e. The SMILES string of the molecule is NC(CCC(=O)O)c1ccc(N2CCOCC2)cc1. The summed E-state index contributed by atoms with van der Waals surface area (Å²) in [5.41, 5.74) is 8.12. The van der Waals surface area contributed by atoms with Gasteiger partial charge in [-0.1, -0.05) is 12.1 Å². The number of carboxylic acids is 1. The number of hydrogen-bond acceptors (Lipinski definition) is 4. The van der Waals surface area contributed by atoms with E-state index >= 15 is 0 Å². The number of rotatable bonds is 5. The highest BCUT2D eigenvalue weighted by molar-refractivity contribution is 5.66. The highest BCUT2D eigenvalue weighted by atomic mass is 16.5. The van der Waals surface area contributed by atoms with Gasteiger partial charge in [-0.3, -0.25) is 4.79 Å². The van der Waals surface area contributed by atoms with Gasteiger partial charge in [0.2, 0.25) is 0 Å². The van der Waals surface area contributed by atoms with Crippen LogP contribution in [0, 0.1) is 0 Å². The van der Waals surface area contributed by atoms with Gasteiger partial charge in [0.15, 0.2) is 0 Å². The quantitative estimate of drug-likeness (QED) is 0.840. The molecule has 0 saturated carbocycles. The van der Waals surface area contributed by atoms with Crippen LogP contribution in [-0.4, -0.2) is 37.4 Å². The van der Waals surface area contributed by atoms with Crippen molar-refractivity contribution in [2.24, 2.45) is 5.73 Å². The molecule has 0 radical (unpaired) electrons. The van der Waals surface area contributed by atoms with Crippen molar-refractivity contribution in [2.45, 2.75) is 18.9 Å². The van der Waals surface area contributed by atoms with Gasteiger partial charge in [-0.2, -0.15) is 0 Å². The Kier molecular flexibility index (Phi) is 4.76. The van der Waals surface area contributed by atoms with Gasteiger partial charge in [0.1, 0.15) is 0 Å². The second kappa shape index (κ2) is 6.54. The van der Waals surface area contributed by atoms with E-state index in [1.165, 1.54) is 0 Å². The topological polar surface area (TPSA) is 75.8 Å². The second-order valence-electron chi connectivity index (χ2n) is 4.73. The van der Waals surface area contributed by atoms with Gasteiger partial charge in [0.25, 0.3) is 0 Å². The smallest absolute Gasteiger partial charge is 0.303 e. The Labute approximate surface area is 113 Å². The molecule has 19 heavy (non-hydrogen) atoms. The minimum Gasteiger partial charge on any atom is -0.481 e. The summed E-state index contributed by atoms with van der Waals surface area (Å²) in [6.07, 6.45) is 0.568. The van der Waals surface area contributed by atoms with Crippen molar-refractivity contribution in [3.05, 3.63) is 29.8 Å². The Balaban J connectivity index is 1.95. The first-order valence-corrected chi connectivity index (χ1v) is 6.57. The summed E-state index contributed by atoms with van der Waals surface area (Å²) in [7, 11) is 0. The van der Waals surface area contributed by atoms with E-state index in [4.69, 9.17) is 15.6 Å². The number of carboxylic acid groups (broad SMARTS) is 1. The third-order valence-electron chi connectivity index (χ3n) is 3.37. The lowest BCUT2D eigenvalue weighted by molar-refractivity contribution is -0.137. The maximum atomic E-state index is 10.5. The van der Waals surface area contributed by atoms with Crippen LogP contribution in [0.25, 0.3) is 0 Å². The molecule has 0 amide bonds. The van der Waals surface area contributed by atoms with Gasteiger partial charge >= 0.3 is 5.97 Å². The zero-order chi connectivity index (χ0) is 13.7. The van der Waals surface area contributed by atoms with Crippen molar-refractivity contribution in [3.8, 4) is 0 Å². The molecule has 5 nitrogen and oxygen atoms in total. The Morgan fingerprint density at radius 1 is 1.32 bits per heavy atom. The molecule has 0 spiro atoms. The van der Waals surface area contributed by atoms with Crippen LogP contribution in [0.4, 0.5) is 5.69 Å². The van der Waals surface area contributed by atoms with Crippen molar-refractivity contribution in [3.63, 3.8) is 0 Å². The number of benzene rings is 1. The Morgan fingerprint density at radius 3 is 2.53 bits per heavy atom. The van der Waals surface area contributed by atoms with Crippen LogP contribution in [0.3, 0.4) is 0 Å². The molecule has 0 bridgehead atoms. The van der Waals surface area contributed by atoms with Gasteiger partial charge < -0.3 is 20.5 Å². The molecule has 0 aromatic heterocycles. The highest BCUT2D eigenvalue weighted by Crippen LogP contribution is 2.21. The van der Waals surface area contributed by atoms with Crippen LogP contribution in [0.2, 0.25) is 0 Å². The van der Waals surface area contributed by atoms with E-state index in [-0.39, 0.29) is 12.5 Å². The van der Waals surface area contributed by atoms with E-state index < -0.39 is 5.97 Å². The predicted molar refractivity (Wildman–Crippen MR) is 73.3 cm³/mol. The molecule has 1 atom stereocenters. The van der Waals surface area contributed by atoms with Crippen LogP contribution in [0.5, 0.6) is 0 Å². The standard InChI is InChI=1S/C14H20N2O3/c15-13(5-6-14(17)18)11-1-3-12(4-2-11)16-7-9-19-10-8-16/h1-4,13H,5-10,15H2,(H,17,18). The number of nitrogens with two attached hydrogens (primary N) is 1. The van der Waals surface area contributed by atoms with E-state index in [9.17, 15) is 4.79 Å². The zero-order valence-electron chi connectivity index (χ0n) is 10.9. The van der Waals surface area contributed by atoms with Gasteiger partial charge in [-0.05, 0) is 24.1 Å². The van der Waals surface area contributed by atoms with Crippen LogP contribution in [0.1, 0.15) is 24.4 Å². The molecule has 2 rings (SSSR count). The number of hydrogen-bond donors (Lipinski definition) is 2. The Bertz CT molecular complexity index is 413. The van der Waals surface area contributed by atoms with Gasteiger partial charge in [-0.15, -0.1) is 0 Å². The number of anilines is 1. The first kappa shape index (κ1) is 13.8. The second-order valence-corrected chi connectivity index (χ2v) is 4.73. The summed E-state index contributed by atoms with van der Waals surface area (Å²) in [6.45, 7) is 3.34. The molecule has 1 fully saturated rings. The molecule has 1 aromatic rings. The fourth-order valence-electron chi connectivity index (χ4n) is 2.20. The highest BCUT2D eigenvalue weighted by Gasteiger charge is 2.12. The number of aliphatic carboxylic acids is 1. The van der Waals surface area contributed by atoms with Crippen molar-refractivity contribution in [1.29, 1.82) is 0 Å². The lowest BCUT2D eigenvalue weighted by Crippen LogP contribution is -2.36. The van der Waals surface area contributed by atoms with E-state index in [0.29, 0.717) is 6.42 Å². The average Bonchev–Trinajstić information content (AvgIpc) is 2.46. The molecule has 1 saturated heterocycles. The van der Waals surface area contributed by atoms with Crippen molar-refractivity contribution >= 4 is 11.7 Å². The summed E-state index contributed by atoms with van der Waals surface area (Å²) in [6, 6.07) is 7.84. The van der Waals surface area contributed by atoms with Crippen LogP contribution in [0.15, 0.2) is 24.3 Å². The summed E-state index contributed by atoms with van der Waals surface area (Å²) >= 11 is 0. The zero-order valence-corrected chi connectivity index (χ0v) is 10.9. The van der Waals surface area contributed by atoms with Crippen molar-refractivity contribution in [2.75, 3.05) is 31.2 Å². The third kappa shape index (κ3) is 3.94. The third-order valence-corrected chi connectivity index (χ3v) is 3.37. The molecule has 3 N–H and O–H groups in total. The summed E-state index contributed by atoms with van der Waals surface area (Å²) in [4.78, 5) is 12.8. The molecule has 0 aliphatic carbocycles. The normalized spacial score (nSPS) is 17.2. The first-order chi connectivity index (χ1) is 9.16. The van der Waals surface area contributed by atoms with Gasteiger partial charge in [-0.25, -0.2) is 0 Å². The maximum absolute atomic E-state index is 10.5. The van der Waals surface area contributed by atoms with Crippen molar-refractivity contribution < 1.29 is 14.6 Å². The predicted octanol–water partition coefficient (Wildman–Crippen LogP) is 1.39. The molecule has 1 unspecified atom stereocenters.